The van der Waals surface area contributed by atoms with Crippen LogP contribution in [-0.4, -0.2) is 10.9 Å². The van der Waals surface area contributed by atoms with E-state index in [0.29, 0.717) is 12.8 Å². The monoisotopic (exact) mass is 210 g/mol. The number of benzene rings is 1. The Morgan fingerprint density at radius 1 is 1.40 bits per heavy atom. The van der Waals surface area contributed by atoms with Crippen molar-refractivity contribution in [3.63, 3.8) is 0 Å². The summed E-state index contributed by atoms with van der Waals surface area (Å²) in [4.78, 5) is 11.8. The Morgan fingerprint density at radius 2 is 2.00 bits per heavy atom. The molecule has 0 unspecified atom stereocenters. The molecule has 0 bridgehead atoms. The first-order valence-corrected chi connectivity index (χ1v) is 5.12. The van der Waals surface area contributed by atoms with Crippen molar-refractivity contribution in [3.05, 3.63) is 29.6 Å². The molecule has 82 valence electrons. The van der Waals surface area contributed by atoms with E-state index in [1.54, 1.807) is 0 Å². The van der Waals surface area contributed by atoms with Crippen LogP contribution in [0, 0.1) is 11.7 Å². The summed E-state index contributed by atoms with van der Waals surface area (Å²) in [6.45, 7) is 3.81. The van der Waals surface area contributed by atoms with E-state index >= 15 is 0 Å². The summed E-state index contributed by atoms with van der Waals surface area (Å²) in [7, 11) is 0. The molecule has 0 saturated heterocycles. The third kappa shape index (κ3) is 2.55. The van der Waals surface area contributed by atoms with Crippen LogP contribution in [0.2, 0.25) is 0 Å². The van der Waals surface area contributed by atoms with Gasteiger partial charge >= 0.3 is 0 Å². The van der Waals surface area contributed by atoms with Gasteiger partial charge in [0.15, 0.2) is 5.78 Å². The topological polar surface area (TPSA) is 37.3 Å². The molecular weight excluding hydrogens is 195 g/mol. The van der Waals surface area contributed by atoms with E-state index in [1.807, 2.05) is 13.8 Å². The average molecular weight is 210 g/mol. The number of hydrogen-bond donors (Lipinski definition) is 1. The maximum atomic E-state index is 13.4. The second-order valence-corrected chi connectivity index (χ2v) is 3.54. The molecule has 0 heterocycles. The Hall–Kier alpha value is -1.38. The normalized spacial score (nSPS) is 10.7. The first-order chi connectivity index (χ1) is 7.10. The molecule has 0 radical (unpaired) electrons. The van der Waals surface area contributed by atoms with Crippen LogP contribution in [0.3, 0.4) is 0 Å². The number of ketones is 1. The molecule has 0 aliphatic rings. The fraction of sp³-hybridized carbons (Fsp3) is 0.417. The number of Topliss-reactive ketones (excluding diaryl/α,β-unsaturated/α-hetero) is 1. The highest BCUT2D eigenvalue weighted by molar-refractivity contribution is 5.98. The van der Waals surface area contributed by atoms with Gasteiger partial charge in [0.25, 0.3) is 0 Å². The fourth-order valence-corrected chi connectivity index (χ4v) is 1.58. The summed E-state index contributed by atoms with van der Waals surface area (Å²) >= 11 is 0. The molecule has 1 aromatic carbocycles. The molecule has 0 saturated carbocycles. The van der Waals surface area contributed by atoms with Gasteiger partial charge in [0.2, 0.25) is 0 Å². The zero-order valence-corrected chi connectivity index (χ0v) is 8.96. The molecule has 0 aromatic heterocycles. The van der Waals surface area contributed by atoms with Crippen molar-refractivity contribution in [1.29, 1.82) is 0 Å². The lowest BCUT2D eigenvalue weighted by Gasteiger charge is -2.11. The van der Waals surface area contributed by atoms with Crippen LogP contribution < -0.4 is 0 Å². The lowest BCUT2D eigenvalue weighted by molar-refractivity contribution is 0.0909. The maximum Gasteiger partial charge on any atom is 0.168 e. The molecule has 1 rings (SSSR count). The van der Waals surface area contributed by atoms with Crippen molar-refractivity contribution in [3.8, 4) is 5.75 Å². The number of rotatable bonds is 4. The number of aromatic hydroxyl groups is 1. The van der Waals surface area contributed by atoms with E-state index in [1.165, 1.54) is 12.1 Å². The van der Waals surface area contributed by atoms with Crippen LogP contribution in [0.15, 0.2) is 18.2 Å². The van der Waals surface area contributed by atoms with Crippen molar-refractivity contribution in [2.75, 3.05) is 0 Å². The lowest BCUT2D eigenvalue weighted by atomic mass is 9.93. The molecule has 2 nitrogen and oxygen atoms in total. The van der Waals surface area contributed by atoms with E-state index in [-0.39, 0.29) is 23.0 Å². The van der Waals surface area contributed by atoms with Gasteiger partial charge in [0.05, 0.1) is 5.56 Å². The minimum absolute atomic E-state index is 0.0708. The number of hydrogen-bond acceptors (Lipinski definition) is 2. The first kappa shape index (κ1) is 11.7. The van der Waals surface area contributed by atoms with E-state index in [9.17, 15) is 9.18 Å². The van der Waals surface area contributed by atoms with Gasteiger partial charge in [-0.1, -0.05) is 13.8 Å². The highest BCUT2D eigenvalue weighted by Gasteiger charge is 2.19. The van der Waals surface area contributed by atoms with Crippen LogP contribution in [0.5, 0.6) is 5.75 Å². The Kier molecular flexibility index (Phi) is 3.83. The van der Waals surface area contributed by atoms with Gasteiger partial charge in [0.1, 0.15) is 11.6 Å². The molecule has 0 amide bonds. The van der Waals surface area contributed by atoms with Crippen LogP contribution in [0.25, 0.3) is 0 Å². The van der Waals surface area contributed by atoms with Gasteiger partial charge in [-0.3, -0.25) is 4.79 Å². The van der Waals surface area contributed by atoms with Gasteiger partial charge in [-0.25, -0.2) is 4.39 Å². The minimum Gasteiger partial charge on any atom is -0.508 e. The van der Waals surface area contributed by atoms with Gasteiger partial charge < -0.3 is 5.11 Å². The van der Waals surface area contributed by atoms with Crippen molar-refractivity contribution < 1.29 is 14.3 Å². The Morgan fingerprint density at radius 3 is 2.47 bits per heavy atom. The zero-order chi connectivity index (χ0) is 11.4. The quantitative estimate of drug-likeness (QED) is 0.775. The predicted octanol–water partition coefficient (Wildman–Crippen LogP) is 3.15. The van der Waals surface area contributed by atoms with Crippen LogP contribution in [-0.2, 0) is 0 Å². The van der Waals surface area contributed by atoms with Gasteiger partial charge in [-0.15, -0.1) is 0 Å². The van der Waals surface area contributed by atoms with Gasteiger partial charge in [-0.05, 0) is 25.0 Å². The standard InChI is InChI=1S/C12H15FO2/c1-3-8(4-2)12(15)10-6-5-9(14)7-11(10)13/h5-8,14H,3-4H2,1-2H3. The van der Waals surface area contributed by atoms with E-state index < -0.39 is 5.82 Å². The Bertz CT molecular complexity index is 357. The predicted molar refractivity (Wildman–Crippen MR) is 56.5 cm³/mol. The number of phenols is 1. The van der Waals surface area contributed by atoms with E-state index in [2.05, 4.69) is 0 Å². The molecule has 15 heavy (non-hydrogen) atoms. The molecule has 0 spiro atoms. The highest BCUT2D eigenvalue weighted by atomic mass is 19.1. The maximum absolute atomic E-state index is 13.4. The molecule has 0 atom stereocenters. The van der Waals surface area contributed by atoms with Crippen LogP contribution in [0.4, 0.5) is 4.39 Å². The lowest BCUT2D eigenvalue weighted by Crippen LogP contribution is -2.14. The average Bonchev–Trinajstić information content (AvgIpc) is 2.19. The fourth-order valence-electron chi connectivity index (χ4n) is 1.58. The Balaban J connectivity index is 3.00. The van der Waals surface area contributed by atoms with Crippen molar-refractivity contribution in [2.24, 2.45) is 5.92 Å². The molecule has 3 heteroatoms. The zero-order valence-electron chi connectivity index (χ0n) is 8.96. The van der Waals surface area contributed by atoms with Crippen LogP contribution in [0.1, 0.15) is 37.0 Å². The summed E-state index contributed by atoms with van der Waals surface area (Å²) in [6, 6.07) is 3.64. The first-order valence-electron chi connectivity index (χ1n) is 5.12. The summed E-state index contributed by atoms with van der Waals surface area (Å²) in [5, 5.41) is 9.02. The molecule has 0 aliphatic heterocycles. The van der Waals surface area contributed by atoms with Crippen molar-refractivity contribution >= 4 is 5.78 Å². The summed E-state index contributed by atoms with van der Waals surface area (Å²) in [5.74, 6) is -1.12. The second kappa shape index (κ2) is 4.91. The smallest absolute Gasteiger partial charge is 0.168 e. The van der Waals surface area contributed by atoms with Crippen LogP contribution >= 0.6 is 0 Å². The Labute approximate surface area is 88.7 Å². The summed E-state index contributed by atoms with van der Waals surface area (Å²) in [6.07, 6.45) is 1.41. The number of halogens is 1. The van der Waals surface area contributed by atoms with Gasteiger partial charge in [-0.2, -0.15) is 0 Å². The third-order valence-corrected chi connectivity index (χ3v) is 2.57. The number of carbonyl (C=O) groups is 1. The third-order valence-electron chi connectivity index (χ3n) is 2.57. The SMILES string of the molecule is CCC(CC)C(=O)c1ccc(O)cc1F. The molecule has 1 aromatic rings. The van der Waals surface area contributed by atoms with Crippen molar-refractivity contribution in [2.45, 2.75) is 26.7 Å². The molecule has 0 fully saturated rings. The van der Waals surface area contributed by atoms with E-state index in [0.717, 1.165) is 6.07 Å². The largest absolute Gasteiger partial charge is 0.508 e. The molecule has 0 aliphatic carbocycles. The van der Waals surface area contributed by atoms with Crippen molar-refractivity contribution in [1.82, 2.24) is 0 Å². The molecule has 1 N–H and O–H groups in total. The molecular formula is C12H15FO2. The van der Waals surface area contributed by atoms with E-state index in [4.69, 9.17) is 5.11 Å². The minimum atomic E-state index is -0.646. The summed E-state index contributed by atoms with van der Waals surface area (Å²) < 4.78 is 13.4. The highest BCUT2D eigenvalue weighted by Crippen LogP contribution is 2.21. The number of carbonyl (C=O) groups excluding carboxylic acids is 1. The second-order valence-electron chi connectivity index (χ2n) is 3.54. The number of phenolic OH excluding ortho intramolecular Hbond substituents is 1. The van der Waals surface area contributed by atoms with Gasteiger partial charge in [0, 0.05) is 12.0 Å². The summed E-state index contributed by atoms with van der Waals surface area (Å²) in [5.41, 5.74) is 0.0708.